The van der Waals surface area contributed by atoms with Crippen LogP contribution in [0.15, 0.2) is 36.7 Å². The highest BCUT2D eigenvalue weighted by molar-refractivity contribution is 5.86. The fourth-order valence-corrected chi connectivity index (χ4v) is 5.94. The third kappa shape index (κ3) is 8.18. The Morgan fingerprint density at radius 1 is 0.917 bits per heavy atom. The molecule has 12 heteroatoms. The number of carbonyl (C=O) groups excluding carboxylic acids is 3. The zero-order chi connectivity index (χ0) is 34.4. The fourth-order valence-electron chi connectivity index (χ4n) is 5.94. The lowest BCUT2D eigenvalue weighted by Gasteiger charge is -2.30. The molecule has 2 saturated heterocycles. The maximum Gasteiger partial charge on any atom is 0.410 e. The highest BCUT2D eigenvalue weighted by Crippen LogP contribution is 2.33. The number of alkyl carbamates (subject to hydrolysis) is 1. The lowest BCUT2D eigenvalue weighted by molar-refractivity contribution is -0.135. The van der Waals surface area contributed by atoms with Crippen LogP contribution in [0.25, 0.3) is 11.3 Å². The third-order valence-corrected chi connectivity index (χ3v) is 8.29. The summed E-state index contributed by atoms with van der Waals surface area (Å²) in [4.78, 5) is 57.1. The molecule has 0 spiro atoms. The van der Waals surface area contributed by atoms with E-state index in [1.165, 1.54) is 7.11 Å². The van der Waals surface area contributed by atoms with E-state index in [1.807, 2.05) is 58.9 Å². The average Bonchev–Trinajstić information content (AvgIpc) is 3.87. The van der Waals surface area contributed by atoms with Crippen LogP contribution >= 0.6 is 0 Å². The van der Waals surface area contributed by atoms with Gasteiger partial charge < -0.3 is 29.7 Å². The number of carbonyl (C=O) groups is 3. The topological polar surface area (TPSA) is 146 Å². The predicted octanol–water partition coefficient (Wildman–Crippen LogP) is 5.32. The van der Waals surface area contributed by atoms with Crippen molar-refractivity contribution in [1.82, 2.24) is 35.1 Å². The van der Waals surface area contributed by atoms with Crippen LogP contribution in [0.2, 0.25) is 0 Å². The SMILES string of the molecule is COC(=O)NC(C(=O)N1CCCC1c1ncc(-c2ccc(C#CC#Cc3cnc(C4CCCN4C(=O)OC(C)(C)C)[nH]3)cc2)[nH]1)C(C)C. The lowest BCUT2D eigenvalue weighted by Crippen LogP contribution is -2.51. The smallest absolute Gasteiger partial charge is 0.410 e. The van der Waals surface area contributed by atoms with Crippen molar-refractivity contribution in [1.29, 1.82) is 0 Å². The molecule has 3 unspecified atom stereocenters. The van der Waals surface area contributed by atoms with E-state index in [1.54, 1.807) is 22.2 Å². The van der Waals surface area contributed by atoms with E-state index in [2.05, 4.69) is 48.9 Å². The largest absolute Gasteiger partial charge is 0.453 e. The molecule has 3 aromatic rings. The van der Waals surface area contributed by atoms with Crippen LogP contribution in [-0.4, -0.2) is 79.7 Å². The molecular weight excluding hydrogens is 610 g/mol. The van der Waals surface area contributed by atoms with Crippen LogP contribution < -0.4 is 5.32 Å². The van der Waals surface area contributed by atoms with Crippen molar-refractivity contribution in [3.8, 4) is 34.9 Å². The molecule has 5 rings (SSSR count). The Morgan fingerprint density at radius 3 is 2.21 bits per heavy atom. The van der Waals surface area contributed by atoms with Gasteiger partial charge in [-0.2, -0.15) is 0 Å². The molecule has 1 aromatic carbocycles. The number of aromatic nitrogens is 4. The first-order valence-electron chi connectivity index (χ1n) is 16.3. The molecule has 2 fully saturated rings. The molecule has 4 heterocycles. The summed E-state index contributed by atoms with van der Waals surface area (Å²) in [5, 5.41) is 2.68. The van der Waals surface area contributed by atoms with Gasteiger partial charge in [0.05, 0.1) is 37.3 Å². The Bertz CT molecular complexity index is 1750. The number of ether oxygens (including phenoxy) is 2. The first-order valence-corrected chi connectivity index (χ1v) is 16.3. The van der Waals surface area contributed by atoms with Crippen molar-refractivity contribution in [3.63, 3.8) is 0 Å². The number of hydrogen-bond acceptors (Lipinski definition) is 7. The minimum atomic E-state index is -0.684. The summed E-state index contributed by atoms with van der Waals surface area (Å²) in [6.07, 6.45) is 5.79. The predicted molar refractivity (Wildman–Crippen MR) is 179 cm³/mol. The molecule has 0 aliphatic carbocycles. The highest BCUT2D eigenvalue weighted by atomic mass is 16.6. The molecule has 2 aliphatic rings. The second kappa shape index (κ2) is 14.7. The second-order valence-electron chi connectivity index (χ2n) is 13.3. The standard InChI is InChI=1S/C36H43N7O5/c1-23(2)30(41-34(45)47-6)33(44)42-19-9-13-28(42)32-38-22-27(40-32)25-17-15-24(16-18-25)11-7-8-12-26-21-37-31(39-26)29-14-10-20-43(29)35(46)48-36(3,4)5/h15-18,21-23,28-30H,9-10,13-14,19-20H2,1-6H3,(H,37,39)(H,38,40)(H,41,45). The van der Waals surface area contributed by atoms with Crippen LogP contribution in [0.4, 0.5) is 9.59 Å². The van der Waals surface area contributed by atoms with Crippen molar-refractivity contribution < 1.29 is 23.9 Å². The highest BCUT2D eigenvalue weighted by Gasteiger charge is 2.38. The number of H-pyrrole nitrogens is 2. The number of benzene rings is 1. The number of aromatic amines is 2. The molecular formula is C36H43N7O5. The Kier molecular flexibility index (Phi) is 10.4. The molecule has 3 amide bonds. The normalized spacial score (nSPS) is 18.1. The Morgan fingerprint density at radius 2 is 1.54 bits per heavy atom. The number of likely N-dealkylation sites (tertiary alicyclic amines) is 2. The van der Waals surface area contributed by atoms with Crippen LogP contribution in [-0.2, 0) is 14.3 Å². The van der Waals surface area contributed by atoms with Gasteiger partial charge in [0.25, 0.3) is 0 Å². The Balaban J connectivity index is 1.20. The van der Waals surface area contributed by atoms with Gasteiger partial charge in [-0.15, -0.1) is 0 Å². The summed E-state index contributed by atoms with van der Waals surface area (Å²) in [6.45, 7) is 10.6. The van der Waals surface area contributed by atoms with Crippen molar-refractivity contribution in [2.45, 2.75) is 84.0 Å². The first-order chi connectivity index (χ1) is 22.9. The summed E-state index contributed by atoms with van der Waals surface area (Å²) in [5.41, 5.74) is 2.65. The van der Waals surface area contributed by atoms with Gasteiger partial charge in [-0.05, 0) is 87.8 Å². The number of nitrogens with zero attached hydrogens (tertiary/aromatic N) is 4. The van der Waals surface area contributed by atoms with Gasteiger partial charge in [-0.1, -0.05) is 31.9 Å². The second-order valence-corrected chi connectivity index (χ2v) is 13.3. The van der Waals surface area contributed by atoms with Crippen molar-refractivity contribution >= 4 is 18.1 Å². The summed E-state index contributed by atoms with van der Waals surface area (Å²) in [5.74, 6) is 13.0. The molecule has 2 aromatic heterocycles. The van der Waals surface area contributed by atoms with E-state index in [9.17, 15) is 14.4 Å². The molecule has 0 saturated carbocycles. The Hall–Kier alpha value is -5.23. The molecule has 3 atom stereocenters. The molecule has 3 N–H and O–H groups in total. The van der Waals surface area contributed by atoms with Gasteiger partial charge in [0.2, 0.25) is 5.91 Å². The van der Waals surface area contributed by atoms with Gasteiger partial charge in [0.1, 0.15) is 29.0 Å². The molecule has 48 heavy (non-hydrogen) atoms. The number of imidazole rings is 2. The van der Waals surface area contributed by atoms with Gasteiger partial charge in [0, 0.05) is 18.7 Å². The number of rotatable bonds is 6. The first kappa shape index (κ1) is 34.1. The number of nitrogens with one attached hydrogen (secondary N) is 3. The summed E-state index contributed by atoms with van der Waals surface area (Å²) in [6, 6.07) is 6.70. The molecule has 0 radical (unpaired) electrons. The summed E-state index contributed by atoms with van der Waals surface area (Å²) >= 11 is 0. The maximum atomic E-state index is 13.4. The van der Waals surface area contributed by atoms with E-state index in [0.29, 0.717) is 30.4 Å². The molecule has 12 nitrogen and oxygen atoms in total. The number of methoxy groups -OCH3 is 1. The van der Waals surface area contributed by atoms with Crippen molar-refractivity contribution in [2.75, 3.05) is 20.2 Å². The average molecular weight is 654 g/mol. The van der Waals surface area contributed by atoms with Gasteiger partial charge in [-0.3, -0.25) is 9.69 Å². The quantitative estimate of drug-likeness (QED) is 0.306. The summed E-state index contributed by atoms with van der Waals surface area (Å²) in [7, 11) is 1.28. The zero-order valence-corrected chi connectivity index (χ0v) is 28.3. The van der Waals surface area contributed by atoms with E-state index in [4.69, 9.17) is 9.47 Å². The van der Waals surface area contributed by atoms with Crippen molar-refractivity contribution in [2.24, 2.45) is 5.92 Å². The monoisotopic (exact) mass is 653 g/mol. The fraction of sp³-hybridized carbons (Fsp3) is 0.472. The van der Waals surface area contributed by atoms with Crippen molar-refractivity contribution in [3.05, 3.63) is 59.6 Å². The number of hydrogen-bond donors (Lipinski definition) is 3. The van der Waals surface area contributed by atoms with E-state index < -0.39 is 17.7 Å². The van der Waals surface area contributed by atoms with Gasteiger partial charge in [0.15, 0.2) is 0 Å². The van der Waals surface area contributed by atoms with E-state index in [-0.39, 0.29) is 30.0 Å². The van der Waals surface area contributed by atoms with Crippen LogP contribution in [0.3, 0.4) is 0 Å². The maximum absolute atomic E-state index is 13.4. The van der Waals surface area contributed by atoms with E-state index >= 15 is 0 Å². The van der Waals surface area contributed by atoms with Crippen LogP contribution in [0, 0.1) is 29.6 Å². The minimum absolute atomic E-state index is 0.101. The zero-order valence-electron chi connectivity index (χ0n) is 28.3. The molecule has 0 bridgehead atoms. The third-order valence-electron chi connectivity index (χ3n) is 8.29. The van der Waals surface area contributed by atoms with Crippen LogP contribution in [0.1, 0.15) is 95.3 Å². The van der Waals surface area contributed by atoms with Gasteiger partial charge in [-0.25, -0.2) is 19.6 Å². The van der Waals surface area contributed by atoms with Gasteiger partial charge >= 0.3 is 12.2 Å². The molecule has 2 aliphatic heterocycles. The Labute approximate surface area is 281 Å². The molecule has 252 valence electrons. The van der Waals surface area contributed by atoms with E-state index in [0.717, 1.165) is 42.5 Å². The minimum Gasteiger partial charge on any atom is -0.453 e. The number of amides is 3. The lowest BCUT2D eigenvalue weighted by atomic mass is 10.0. The summed E-state index contributed by atoms with van der Waals surface area (Å²) < 4.78 is 10.3. The van der Waals surface area contributed by atoms with Crippen LogP contribution in [0.5, 0.6) is 0 Å².